The zero-order chi connectivity index (χ0) is 15.9. The van der Waals surface area contributed by atoms with Crippen molar-refractivity contribution in [2.45, 2.75) is 25.3 Å². The number of rotatable bonds is 7. The fourth-order valence-corrected chi connectivity index (χ4v) is 2.24. The van der Waals surface area contributed by atoms with Crippen LogP contribution in [0.25, 0.3) is 0 Å². The smallest absolute Gasteiger partial charge is 0.289 e. The van der Waals surface area contributed by atoms with E-state index < -0.39 is 17.7 Å². The van der Waals surface area contributed by atoms with Gasteiger partial charge in [-0.3, -0.25) is 15.0 Å². The maximum atomic E-state index is 12.1. The summed E-state index contributed by atoms with van der Waals surface area (Å²) in [6.45, 7) is 4.12. The molecule has 0 radical (unpaired) electrons. The molecule has 1 saturated carbocycles. The minimum atomic E-state index is -0.894. The number of nitrogens with one attached hydrogen (secondary N) is 3. The largest absolute Gasteiger partial charge is 0.356 e. The second kappa shape index (κ2) is 7.54. The molecular formula is C17H21N3O2. The molecule has 5 nitrogen and oxygen atoms in total. The van der Waals surface area contributed by atoms with Crippen LogP contribution in [0.4, 0.5) is 0 Å². The van der Waals surface area contributed by atoms with Crippen LogP contribution in [-0.2, 0) is 9.59 Å². The Kier molecular flexibility index (Phi) is 5.47. The van der Waals surface area contributed by atoms with Crippen molar-refractivity contribution < 1.29 is 9.59 Å². The van der Waals surface area contributed by atoms with Crippen molar-refractivity contribution in [1.82, 2.24) is 10.6 Å². The molecule has 5 heteroatoms. The zero-order valence-corrected chi connectivity index (χ0v) is 12.5. The zero-order valence-electron chi connectivity index (χ0n) is 12.5. The summed E-state index contributed by atoms with van der Waals surface area (Å²) in [6, 6.07) is 8.09. The van der Waals surface area contributed by atoms with Crippen LogP contribution in [0.15, 0.2) is 43.0 Å². The van der Waals surface area contributed by atoms with E-state index >= 15 is 0 Å². The van der Waals surface area contributed by atoms with E-state index in [9.17, 15) is 9.59 Å². The van der Waals surface area contributed by atoms with E-state index in [1.807, 2.05) is 18.2 Å². The van der Waals surface area contributed by atoms with Gasteiger partial charge in [0.15, 0.2) is 0 Å². The molecule has 0 bridgehead atoms. The van der Waals surface area contributed by atoms with E-state index in [0.29, 0.717) is 18.0 Å². The second-order valence-electron chi connectivity index (χ2n) is 5.47. The van der Waals surface area contributed by atoms with Crippen LogP contribution in [0.2, 0.25) is 0 Å². The van der Waals surface area contributed by atoms with Crippen molar-refractivity contribution >= 4 is 17.5 Å². The number of carbonyl (C=O) groups is 2. The van der Waals surface area contributed by atoms with E-state index in [1.54, 1.807) is 12.1 Å². The summed E-state index contributed by atoms with van der Waals surface area (Å²) in [7, 11) is 0. The van der Waals surface area contributed by atoms with Gasteiger partial charge >= 0.3 is 0 Å². The highest BCUT2D eigenvalue weighted by Crippen LogP contribution is 2.25. The molecule has 1 aromatic rings. The van der Waals surface area contributed by atoms with Gasteiger partial charge in [-0.25, -0.2) is 0 Å². The van der Waals surface area contributed by atoms with E-state index in [4.69, 9.17) is 5.41 Å². The summed E-state index contributed by atoms with van der Waals surface area (Å²) >= 11 is 0. The predicted molar refractivity (Wildman–Crippen MR) is 85.7 cm³/mol. The summed E-state index contributed by atoms with van der Waals surface area (Å²) < 4.78 is 0. The average Bonchev–Trinajstić information content (AvgIpc) is 2.50. The van der Waals surface area contributed by atoms with Gasteiger partial charge in [0, 0.05) is 12.1 Å². The lowest BCUT2D eigenvalue weighted by atomic mass is 9.85. The summed E-state index contributed by atoms with van der Waals surface area (Å²) in [5, 5.41) is 13.4. The van der Waals surface area contributed by atoms with Gasteiger partial charge in [0.05, 0.1) is 0 Å². The summed E-state index contributed by atoms with van der Waals surface area (Å²) in [4.78, 5) is 24.0. The molecule has 116 valence electrons. The summed E-state index contributed by atoms with van der Waals surface area (Å²) in [5.74, 6) is -0.652. The normalized spacial score (nSPS) is 15.3. The van der Waals surface area contributed by atoms with Crippen LogP contribution in [0.5, 0.6) is 0 Å². The molecule has 0 aromatic heterocycles. The van der Waals surface area contributed by atoms with Crippen LogP contribution >= 0.6 is 0 Å². The third-order valence-corrected chi connectivity index (χ3v) is 3.88. The van der Waals surface area contributed by atoms with Crippen molar-refractivity contribution in [2.24, 2.45) is 5.92 Å². The van der Waals surface area contributed by atoms with Gasteiger partial charge in [0.2, 0.25) is 5.78 Å². The molecule has 1 aliphatic carbocycles. The van der Waals surface area contributed by atoms with E-state index in [1.165, 1.54) is 12.5 Å². The molecule has 1 aliphatic rings. The highest BCUT2D eigenvalue weighted by Gasteiger charge is 2.25. The van der Waals surface area contributed by atoms with Crippen molar-refractivity contribution in [2.75, 3.05) is 6.54 Å². The summed E-state index contributed by atoms with van der Waals surface area (Å²) in [5.41, 5.74) is 0.650. The molecule has 1 atom stereocenters. The Morgan fingerprint density at radius 3 is 2.55 bits per heavy atom. The van der Waals surface area contributed by atoms with Gasteiger partial charge in [0.1, 0.15) is 11.9 Å². The first-order valence-electron chi connectivity index (χ1n) is 7.47. The van der Waals surface area contributed by atoms with Crippen LogP contribution in [0, 0.1) is 11.3 Å². The number of Topliss-reactive ketones (excluding diaryl/α,β-unsaturated/α-hetero) is 1. The second-order valence-corrected chi connectivity index (χ2v) is 5.47. The third-order valence-electron chi connectivity index (χ3n) is 3.88. The van der Waals surface area contributed by atoms with E-state index in [-0.39, 0.29) is 5.84 Å². The Balaban J connectivity index is 1.89. The SMILES string of the molecule is C=CC(NC(=N)c1ccccc1)C(=O)C(=O)NCC1CCC1. The van der Waals surface area contributed by atoms with Gasteiger partial charge in [-0.1, -0.05) is 42.8 Å². The molecule has 22 heavy (non-hydrogen) atoms. The van der Waals surface area contributed by atoms with Gasteiger partial charge < -0.3 is 10.6 Å². The van der Waals surface area contributed by atoms with Gasteiger partial charge in [-0.15, -0.1) is 6.58 Å². The molecule has 0 heterocycles. The van der Waals surface area contributed by atoms with Crippen LogP contribution in [0.1, 0.15) is 24.8 Å². The Morgan fingerprint density at radius 1 is 1.32 bits per heavy atom. The van der Waals surface area contributed by atoms with Crippen molar-refractivity contribution in [3.05, 3.63) is 48.6 Å². The van der Waals surface area contributed by atoms with Crippen molar-refractivity contribution in [1.29, 1.82) is 5.41 Å². The lowest BCUT2D eigenvalue weighted by molar-refractivity contribution is -0.138. The Bertz CT molecular complexity index is 565. The molecule has 3 N–H and O–H groups in total. The highest BCUT2D eigenvalue weighted by atomic mass is 16.2. The van der Waals surface area contributed by atoms with Crippen molar-refractivity contribution in [3.63, 3.8) is 0 Å². The minimum Gasteiger partial charge on any atom is -0.356 e. The number of amidine groups is 1. The van der Waals surface area contributed by atoms with E-state index in [2.05, 4.69) is 17.2 Å². The molecule has 1 unspecified atom stereocenters. The molecule has 0 spiro atoms. The third kappa shape index (κ3) is 4.04. The van der Waals surface area contributed by atoms with Gasteiger partial charge in [-0.05, 0) is 18.8 Å². The number of hydrogen-bond donors (Lipinski definition) is 3. The fourth-order valence-electron chi connectivity index (χ4n) is 2.24. The van der Waals surface area contributed by atoms with Gasteiger partial charge in [-0.2, -0.15) is 0 Å². The van der Waals surface area contributed by atoms with E-state index in [0.717, 1.165) is 12.8 Å². The Labute approximate surface area is 130 Å². The molecule has 1 aromatic carbocycles. The Hall–Kier alpha value is -2.43. The molecule has 1 amide bonds. The molecule has 2 rings (SSSR count). The standard InChI is InChI=1S/C17H21N3O2/c1-2-14(20-16(18)13-9-4-3-5-10-13)15(21)17(22)19-11-12-7-6-8-12/h2-5,9-10,12,14H,1,6-8,11H2,(H2,18,20)(H,19,22). The Morgan fingerprint density at radius 2 is 2.00 bits per heavy atom. The molecule has 0 saturated heterocycles. The number of benzene rings is 1. The topological polar surface area (TPSA) is 82.1 Å². The van der Waals surface area contributed by atoms with Crippen LogP contribution in [-0.4, -0.2) is 30.1 Å². The first-order valence-corrected chi connectivity index (χ1v) is 7.47. The fraction of sp³-hybridized carbons (Fsp3) is 0.353. The quantitative estimate of drug-likeness (QED) is 0.310. The van der Waals surface area contributed by atoms with Gasteiger partial charge in [0.25, 0.3) is 5.91 Å². The molecular weight excluding hydrogens is 278 g/mol. The number of ketones is 1. The number of hydrogen-bond acceptors (Lipinski definition) is 3. The van der Waals surface area contributed by atoms with Crippen LogP contribution in [0.3, 0.4) is 0 Å². The predicted octanol–water partition coefficient (Wildman–Crippen LogP) is 1.64. The van der Waals surface area contributed by atoms with Crippen LogP contribution < -0.4 is 10.6 Å². The average molecular weight is 299 g/mol. The lowest BCUT2D eigenvalue weighted by Crippen LogP contribution is -2.47. The monoisotopic (exact) mass is 299 g/mol. The maximum Gasteiger partial charge on any atom is 0.289 e. The van der Waals surface area contributed by atoms with Crippen molar-refractivity contribution in [3.8, 4) is 0 Å². The first kappa shape index (κ1) is 15.9. The minimum absolute atomic E-state index is 0.0886. The number of amides is 1. The highest BCUT2D eigenvalue weighted by molar-refractivity contribution is 6.39. The number of carbonyl (C=O) groups excluding carboxylic acids is 2. The molecule has 0 aliphatic heterocycles. The first-order chi connectivity index (χ1) is 10.6. The maximum absolute atomic E-state index is 12.1. The summed E-state index contributed by atoms with van der Waals surface area (Å²) in [6.07, 6.45) is 4.76. The molecule has 1 fully saturated rings. The lowest BCUT2D eigenvalue weighted by Gasteiger charge is -2.25.